The number of hydrogen-bond acceptors (Lipinski definition) is 2. The first-order valence-corrected chi connectivity index (χ1v) is 8.04. The van der Waals surface area contributed by atoms with E-state index in [9.17, 15) is 9.59 Å². The molecule has 1 aromatic rings. The Kier molecular flexibility index (Phi) is 5.54. The third-order valence-corrected chi connectivity index (χ3v) is 4.27. The minimum Gasteiger partial charge on any atom is -0.354 e. The number of ketones is 1. The van der Waals surface area contributed by atoms with Crippen LogP contribution in [0, 0.1) is 0 Å². The molecule has 1 unspecified atom stereocenters. The quantitative estimate of drug-likeness (QED) is 0.815. The Morgan fingerprint density at radius 1 is 1.14 bits per heavy atom. The summed E-state index contributed by atoms with van der Waals surface area (Å²) in [5.74, 6) is 0.0401. The number of benzene rings is 1. The lowest BCUT2D eigenvalue weighted by Crippen LogP contribution is -2.32. The summed E-state index contributed by atoms with van der Waals surface area (Å²) in [7, 11) is 0. The summed E-state index contributed by atoms with van der Waals surface area (Å²) >= 11 is 0. The summed E-state index contributed by atoms with van der Waals surface area (Å²) in [6.07, 6.45) is 6.13. The van der Waals surface area contributed by atoms with E-state index in [0.29, 0.717) is 6.42 Å². The van der Waals surface area contributed by atoms with Crippen LogP contribution in [0.2, 0.25) is 0 Å². The molecule has 0 bridgehead atoms. The van der Waals surface area contributed by atoms with Gasteiger partial charge in [-0.15, -0.1) is 0 Å². The van der Waals surface area contributed by atoms with E-state index in [0.717, 1.165) is 24.8 Å². The van der Waals surface area contributed by atoms with Crippen LogP contribution in [0.5, 0.6) is 0 Å². The minimum absolute atomic E-state index is 0.0318. The smallest absolute Gasteiger partial charge is 0.220 e. The molecule has 0 heterocycles. The maximum Gasteiger partial charge on any atom is 0.220 e. The summed E-state index contributed by atoms with van der Waals surface area (Å²) in [4.78, 5) is 23.9. The molecule has 1 aliphatic rings. The molecule has 3 heteroatoms. The van der Waals surface area contributed by atoms with Crippen molar-refractivity contribution in [2.24, 2.45) is 0 Å². The van der Waals surface area contributed by atoms with Crippen LogP contribution in [0.1, 0.15) is 67.4 Å². The van der Waals surface area contributed by atoms with E-state index >= 15 is 0 Å². The Morgan fingerprint density at radius 2 is 1.86 bits per heavy atom. The van der Waals surface area contributed by atoms with E-state index in [1.807, 2.05) is 26.0 Å². The van der Waals surface area contributed by atoms with Crippen molar-refractivity contribution in [2.45, 2.75) is 64.8 Å². The Balaban J connectivity index is 1.90. The summed E-state index contributed by atoms with van der Waals surface area (Å²) < 4.78 is 0. The first-order chi connectivity index (χ1) is 10.1. The van der Waals surface area contributed by atoms with E-state index in [-0.39, 0.29) is 24.2 Å². The molecular weight excluding hydrogens is 262 g/mol. The van der Waals surface area contributed by atoms with Gasteiger partial charge in [0.25, 0.3) is 0 Å². The lowest BCUT2D eigenvalue weighted by atomic mass is 9.89. The molecule has 0 aliphatic heterocycles. The van der Waals surface area contributed by atoms with Gasteiger partial charge in [0, 0.05) is 24.4 Å². The molecule has 1 N–H and O–H groups in total. The number of carbonyl (C=O) groups is 2. The van der Waals surface area contributed by atoms with Crippen molar-refractivity contribution in [3.05, 3.63) is 34.9 Å². The van der Waals surface area contributed by atoms with Gasteiger partial charge >= 0.3 is 0 Å². The zero-order valence-electron chi connectivity index (χ0n) is 13.1. The largest absolute Gasteiger partial charge is 0.354 e. The van der Waals surface area contributed by atoms with E-state index < -0.39 is 0 Å². The molecule has 0 fully saturated rings. The van der Waals surface area contributed by atoms with Gasteiger partial charge in [-0.3, -0.25) is 9.59 Å². The van der Waals surface area contributed by atoms with Crippen LogP contribution in [-0.2, 0) is 17.6 Å². The highest BCUT2D eigenvalue weighted by Crippen LogP contribution is 2.22. The first kappa shape index (κ1) is 15.7. The molecule has 0 spiro atoms. The number of Topliss-reactive ketones (excluding diaryl/α,β-unsaturated/α-hetero) is 1. The molecule has 0 saturated carbocycles. The second kappa shape index (κ2) is 7.39. The van der Waals surface area contributed by atoms with Crippen LogP contribution in [-0.4, -0.2) is 17.7 Å². The van der Waals surface area contributed by atoms with Gasteiger partial charge < -0.3 is 5.32 Å². The summed E-state index contributed by atoms with van der Waals surface area (Å²) in [5.41, 5.74) is 3.45. The van der Waals surface area contributed by atoms with Crippen molar-refractivity contribution in [3.63, 3.8) is 0 Å². The van der Waals surface area contributed by atoms with Gasteiger partial charge in [0.15, 0.2) is 5.78 Å². The van der Waals surface area contributed by atoms with Crippen molar-refractivity contribution in [3.8, 4) is 0 Å². The summed E-state index contributed by atoms with van der Waals surface area (Å²) in [5, 5.41) is 2.90. The highest BCUT2D eigenvalue weighted by Gasteiger charge is 2.14. The van der Waals surface area contributed by atoms with Crippen molar-refractivity contribution in [1.82, 2.24) is 5.32 Å². The van der Waals surface area contributed by atoms with Crippen LogP contribution in [0.15, 0.2) is 18.2 Å². The number of fused-ring (bicyclic) bond motifs is 1. The van der Waals surface area contributed by atoms with E-state index in [4.69, 9.17) is 0 Å². The number of hydrogen-bond donors (Lipinski definition) is 1. The topological polar surface area (TPSA) is 46.2 Å². The number of rotatable bonds is 6. The van der Waals surface area contributed by atoms with Gasteiger partial charge in [-0.2, -0.15) is 0 Å². The van der Waals surface area contributed by atoms with Crippen molar-refractivity contribution >= 4 is 11.7 Å². The standard InChI is InChI=1S/C18H25NO2/c1-3-13(2)19-18(21)11-10-17(20)16-9-8-14-6-4-5-7-15(14)12-16/h8-9,12-13H,3-7,10-11H2,1-2H3,(H,19,21). The molecule has 1 aliphatic carbocycles. The van der Waals surface area contributed by atoms with Crippen molar-refractivity contribution in [1.29, 1.82) is 0 Å². The van der Waals surface area contributed by atoms with Gasteiger partial charge in [0.05, 0.1) is 0 Å². The van der Waals surface area contributed by atoms with Crippen LogP contribution in [0.4, 0.5) is 0 Å². The molecule has 0 saturated heterocycles. The molecule has 1 atom stereocenters. The van der Waals surface area contributed by atoms with E-state index in [2.05, 4.69) is 11.4 Å². The lowest BCUT2D eigenvalue weighted by molar-refractivity contribution is -0.121. The van der Waals surface area contributed by atoms with Crippen LogP contribution in [0.3, 0.4) is 0 Å². The Hall–Kier alpha value is -1.64. The van der Waals surface area contributed by atoms with Crippen LogP contribution >= 0.6 is 0 Å². The van der Waals surface area contributed by atoms with Gasteiger partial charge in [0.2, 0.25) is 5.91 Å². The normalized spacial score (nSPS) is 15.1. The second-order valence-corrected chi connectivity index (χ2v) is 5.99. The minimum atomic E-state index is -0.0318. The number of carbonyl (C=O) groups excluding carboxylic acids is 2. The molecule has 0 aromatic heterocycles. The molecule has 0 radical (unpaired) electrons. The predicted molar refractivity (Wildman–Crippen MR) is 84.5 cm³/mol. The fourth-order valence-corrected chi connectivity index (χ4v) is 2.73. The third-order valence-electron chi connectivity index (χ3n) is 4.27. The Morgan fingerprint density at radius 3 is 2.57 bits per heavy atom. The maximum atomic E-state index is 12.2. The fourth-order valence-electron chi connectivity index (χ4n) is 2.73. The summed E-state index contributed by atoms with van der Waals surface area (Å²) in [6, 6.07) is 6.21. The number of nitrogens with one attached hydrogen (secondary N) is 1. The van der Waals surface area contributed by atoms with E-state index in [1.165, 1.54) is 24.0 Å². The van der Waals surface area contributed by atoms with Gasteiger partial charge in [-0.25, -0.2) is 0 Å². The van der Waals surface area contributed by atoms with E-state index in [1.54, 1.807) is 0 Å². The molecule has 1 amide bonds. The molecule has 114 valence electrons. The fraction of sp³-hybridized carbons (Fsp3) is 0.556. The molecular formula is C18H25NO2. The molecule has 21 heavy (non-hydrogen) atoms. The van der Waals surface area contributed by atoms with Crippen molar-refractivity contribution in [2.75, 3.05) is 0 Å². The maximum absolute atomic E-state index is 12.2. The average Bonchev–Trinajstić information content (AvgIpc) is 2.51. The highest BCUT2D eigenvalue weighted by molar-refractivity contribution is 5.98. The summed E-state index contributed by atoms with van der Waals surface area (Å²) in [6.45, 7) is 4.01. The van der Waals surface area contributed by atoms with Crippen LogP contribution < -0.4 is 5.32 Å². The third kappa shape index (κ3) is 4.42. The number of amides is 1. The van der Waals surface area contributed by atoms with Crippen molar-refractivity contribution < 1.29 is 9.59 Å². The van der Waals surface area contributed by atoms with Crippen LogP contribution in [0.25, 0.3) is 0 Å². The van der Waals surface area contributed by atoms with Gasteiger partial charge in [-0.05, 0) is 56.2 Å². The Labute approximate surface area is 127 Å². The zero-order chi connectivity index (χ0) is 15.2. The second-order valence-electron chi connectivity index (χ2n) is 5.99. The average molecular weight is 287 g/mol. The molecule has 3 nitrogen and oxygen atoms in total. The molecule has 2 rings (SSSR count). The number of aryl methyl sites for hydroxylation is 2. The highest BCUT2D eigenvalue weighted by atomic mass is 16.2. The van der Waals surface area contributed by atoms with Gasteiger partial charge in [0.1, 0.15) is 0 Å². The zero-order valence-corrected chi connectivity index (χ0v) is 13.1. The monoisotopic (exact) mass is 287 g/mol. The Bertz CT molecular complexity index is 522. The predicted octanol–water partition coefficient (Wildman–Crippen LogP) is 3.44. The SMILES string of the molecule is CCC(C)NC(=O)CCC(=O)c1ccc2c(c1)CCCC2. The molecule has 1 aromatic carbocycles. The van der Waals surface area contributed by atoms with Gasteiger partial charge in [-0.1, -0.05) is 19.1 Å². The first-order valence-electron chi connectivity index (χ1n) is 8.04. The lowest BCUT2D eigenvalue weighted by Gasteiger charge is -2.16.